The summed E-state index contributed by atoms with van der Waals surface area (Å²) >= 11 is 0. The van der Waals surface area contributed by atoms with Crippen LogP contribution >= 0.6 is 0 Å². The minimum absolute atomic E-state index is 0.242. The third kappa shape index (κ3) is 2.93. The molecule has 90 valence electrons. The number of hydrogen-bond donors (Lipinski definition) is 0. The van der Waals surface area contributed by atoms with Gasteiger partial charge in [0, 0.05) is 31.9 Å². The number of allylic oxidation sites excluding steroid dienone is 1. The van der Waals surface area contributed by atoms with E-state index >= 15 is 0 Å². The molecule has 0 aliphatic heterocycles. The average Bonchev–Trinajstić information content (AvgIpc) is 2.30. The maximum atomic E-state index is 5.31. The van der Waals surface area contributed by atoms with Crippen LogP contribution in [0, 0.1) is 5.92 Å². The van der Waals surface area contributed by atoms with Gasteiger partial charge in [0.15, 0.2) is 0 Å². The van der Waals surface area contributed by atoms with Crippen LogP contribution in [0.4, 0.5) is 0 Å². The van der Waals surface area contributed by atoms with Crippen molar-refractivity contribution in [2.24, 2.45) is 10.9 Å². The minimum atomic E-state index is 0.242. The van der Waals surface area contributed by atoms with Crippen molar-refractivity contribution in [3.63, 3.8) is 0 Å². The summed E-state index contributed by atoms with van der Waals surface area (Å²) in [5, 5.41) is 0. The predicted molar refractivity (Wildman–Crippen MR) is 63.5 cm³/mol. The summed E-state index contributed by atoms with van der Waals surface area (Å²) in [5.74, 6) is 1.07. The van der Waals surface area contributed by atoms with Gasteiger partial charge in [-0.2, -0.15) is 0 Å². The van der Waals surface area contributed by atoms with Gasteiger partial charge in [-0.1, -0.05) is 0 Å². The van der Waals surface area contributed by atoms with Crippen molar-refractivity contribution >= 4 is 6.72 Å². The summed E-state index contributed by atoms with van der Waals surface area (Å²) in [6.07, 6.45) is 2.75. The molecule has 1 rings (SSSR count). The van der Waals surface area contributed by atoms with Crippen molar-refractivity contribution < 1.29 is 14.2 Å². The van der Waals surface area contributed by atoms with Crippen molar-refractivity contribution in [2.75, 3.05) is 34.5 Å². The highest BCUT2D eigenvalue weighted by atomic mass is 16.5. The molecule has 0 aromatic heterocycles. The number of nitrogens with zero attached hydrogens (tertiary/aromatic N) is 1. The first-order valence-corrected chi connectivity index (χ1v) is 5.19. The van der Waals surface area contributed by atoms with Crippen LogP contribution in [0.2, 0.25) is 0 Å². The molecular weight excluding hydrogens is 206 g/mol. The molecule has 0 aromatic carbocycles. The van der Waals surface area contributed by atoms with E-state index in [4.69, 9.17) is 14.2 Å². The van der Waals surface area contributed by atoms with Gasteiger partial charge in [-0.05, 0) is 18.7 Å². The summed E-state index contributed by atoms with van der Waals surface area (Å²) < 4.78 is 15.6. The molecule has 1 atom stereocenters. The lowest BCUT2D eigenvalue weighted by atomic mass is 9.91. The van der Waals surface area contributed by atoms with Crippen molar-refractivity contribution in [2.45, 2.75) is 6.42 Å². The molecule has 0 spiro atoms. The second-order valence-electron chi connectivity index (χ2n) is 3.69. The fraction of sp³-hybridized carbons (Fsp3) is 0.583. The van der Waals surface area contributed by atoms with E-state index in [1.54, 1.807) is 21.3 Å². The van der Waals surface area contributed by atoms with Gasteiger partial charge in [-0.15, -0.1) is 0 Å². The second kappa shape index (κ2) is 6.45. The van der Waals surface area contributed by atoms with Gasteiger partial charge in [0.25, 0.3) is 0 Å². The zero-order valence-corrected chi connectivity index (χ0v) is 10.2. The first-order chi connectivity index (χ1) is 7.76. The Labute approximate surface area is 96.6 Å². The molecule has 0 amide bonds. The van der Waals surface area contributed by atoms with E-state index in [2.05, 4.69) is 11.7 Å². The first kappa shape index (κ1) is 12.9. The van der Waals surface area contributed by atoms with Crippen molar-refractivity contribution in [3.05, 3.63) is 23.1 Å². The summed E-state index contributed by atoms with van der Waals surface area (Å²) in [5.41, 5.74) is 2.05. The van der Waals surface area contributed by atoms with Gasteiger partial charge in [-0.3, -0.25) is 4.99 Å². The van der Waals surface area contributed by atoms with E-state index in [0.29, 0.717) is 13.2 Å². The summed E-state index contributed by atoms with van der Waals surface area (Å²) in [7, 11) is 5.02. The molecule has 1 aliphatic carbocycles. The van der Waals surface area contributed by atoms with E-state index in [0.717, 1.165) is 23.5 Å². The van der Waals surface area contributed by atoms with Crippen LogP contribution < -0.4 is 0 Å². The lowest BCUT2D eigenvalue weighted by Gasteiger charge is -2.24. The Morgan fingerprint density at radius 2 is 2.12 bits per heavy atom. The molecule has 0 heterocycles. The van der Waals surface area contributed by atoms with Crippen LogP contribution in [0.1, 0.15) is 6.42 Å². The highest BCUT2D eigenvalue weighted by Crippen LogP contribution is 2.30. The topological polar surface area (TPSA) is 40.0 Å². The minimum Gasteiger partial charge on any atom is -0.497 e. The zero-order valence-electron chi connectivity index (χ0n) is 10.2. The lowest BCUT2D eigenvalue weighted by Crippen LogP contribution is -2.18. The molecule has 0 aromatic rings. The van der Waals surface area contributed by atoms with E-state index in [1.165, 1.54) is 0 Å². The molecule has 0 N–H and O–H groups in total. The summed E-state index contributed by atoms with van der Waals surface area (Å²) in [6, 6.07) is 0. The SMILES string of the molecule is C=NC1=CC(OC)=C(COC)CC1COC. The molecule has 0 bridgehead atoms. The first-order valence-electron chi connectivity index (χ1n) is 5.19. The predicted octanol–water partition coefficient (Wildman–Crippen LogP) is 1.78. The maximum absolute atomic E-state index is 5.31. The maximum Gasteiger partial charge on any atom is 0.122 e. The van der Waals surface area contributed by atoms with Crippen LogP contribution in [0.25, 0.3) is 0 Å². The van der Waals surface area contributed by atoms with Gasteiger partial charge >= 0.3 is 0 Å². The molecule has 0 fully saturated rings. The van der Waals surface area contributed by atoms with Crippen LogP contribution in [0.3, 0.4) is 0 Å². The summed E-state index contributed by atoms with van der Waals surface area (Å²) in [4.78, 5) is 4.02. The van der Waals surface area contributed by atoms with Gasteiger partial charge < -0.3 is 14.2 Å². The molecule has 1 aliphatic rings. The van der Waals surface area contributed by atoms with Gasteiger partial charge in [0.2, 0.25) is 0 Å². The Morgan fingerprint density at radius 1 is 1.38 bits per heavy atom. The fourth-order valence-electron chi connectivity index (χ4n) is 1.88. The van der Waals surface area contributed by atoms with Gasteiger partial charge in [-0.25, -0.2) is 0 Å². The molecule has 1 unspecified atom stereocenters. The summed E-state index contributed by atoms with van der Waals surface area (Å²) in [6.45, 7) is 4.78. The van der Waals surface area contributed by atoms with E-state index < -0.39 is 0 Å². The Hall–Kier alpha value is -1.13. The lowest BCUT2D eigenvalue weighted by molar-refractivity contribution is 0.155. The third-order valence-corrected chi connectivity index (χ3v) is 2.63. The molecule has 0 radical (unpaired) electrons. The van der Waals surface area contributed by atoms with Crippen LogP contribution in [-0.4, -0.2) is 41.3 Å². The number of methoxy groups -OCH3 is 3. The Morgan fingerprint density at radius 3 is 2.62 bits per heavy atom. The standard InChI is InChI=1S/C12H19NO3/c1-13-11-6-12(16-4)10(8-15-3)5-9(11)7-14-2/h6,9H,1,5,7-8H2,2-4H3. The molecule has 16 heavy (non-hydrogen) atoms. The molecule has 4 heteroatoms. The quantitative estimate of drug-likeness (QED) is 0.647. The van der Waals surface area contributed by atoms with Crippen molar-refractivity contribution in [1.29, 1.82) is 0 Å². The Kier molecular flexibility index (Phi) is 5.22. The molecule has 0 saturated carbocycles. The van der Waals surface area contributed by atoms with Gasteiger partial charge in [0.05, 0.1) is 20.3 Å². The van der Waals surface area contributed by atoms with Crippen molar-refractivity contribution in [1.82, 2.24) is 0 Å². The number of hydrogen-bond acceptors (Lipinski definition) is 4. The molecule has 4 nitrogen and oxygen atoms in total. The van der Waals surface area contributed by atoms with Gasteiger partial charge in [0.1, 0.15) is 5.76 Å². The third-order valence-electron chi connectivity index (χ3n) is 2.63. The normalized spacial score (nSPS) is 20.7. The Bertz CT molecular complexity index is 307. The largest absolute Gasteiger partial charge is 0.497 e. The van der Waals surface area contributed by atoms with Crippen LogP contribution in [0.5, 0.6) is 0 Å². The molecule has 0 saturated heterocycles. The monoisotopic (exact) mass is 225 g/mol. The highest BCUT2D eigenvalue weighted by molar-refractivity contribution is 5.37. The second-order valence-corrected chi connectivity index (χ2v) is 3.69. The Balaban J connectivity index is 2.91. The van der Waals surface area contributed by atoms with E-state index in [-0.39, 0.29) is 5.92 Å². The number of rotatable bonds is 6. The number of ether oxygens (including phenoxy) is 3. The van der Waals surface area contributed by atoms with Crippen LogP contribution in [0.15, 0.2) is 28.1 Å². The number of aliphatic imine (C=N–C) groups is 1. The zero-order chi connectivity index (χ0) is 12.0. The highest BCUT2D eigenvalue weighted by Gasteiger charge is 2.23. The molecular formula is C12H19NO3. The van der Waals surface area contributed by atoms with E-state index in [1.807, 2.05) is 6.08 Å². The smallest absolute Gasteiger partial charge is 0.122 e. The fourth-order valence-corrected chi connectivity index (χ4v) is 1.88. The van der Waals surface area contributed by atoms with Crippen molar-refractivity contribution in [3.8, 4) is 0 Å². The average molecular weight is 225 g/mol. The van der Waals surface area contributed by atoms with E-state index in [9.17, 15) is 0 Å². The van der Waals surface area contributed by atoms with Crippen LogP contribution in [-0.2, 0) is 14.2 Å².